The molecule has 2 rings (SSSR count). The lowest BCUT2D eigenvalue weighted by molar-refractivity contribution is 0.215. The van der Waals surface area contributed by atoms with Crippen molar-refractivity contribution >= 4 is 10.0 Å². The molecule has 0 aliphatic heterocycles. The van der Waals surface area contributed by atoms with Crippen LogP contribution in [0.15, 0.2) is 21.3 Å². The van der Waals surface area contributed by atoms with E-state index >= 15 is 0 Å². The van der Waals surface area contributed by atoms with Gasteiger partial charge in [0.25, 0.3) is 0 Å². The summed E-state index contributed by atoms with van der Waals surface area (Å²) in [7, 11) is -1.90. The van der Waals surface area contributed by atoms with Crippen molar-refractivity contribution in [2.45, 2.75) is 46.2 Å². The van der Waals surface area contributed by atoms with Gasteiger partial charge in [0.1, 0.15) is 11.6 Å². The van der Waals surface area contributed by atoms with Gasteiger partial charge >= 0.3 is 5.76 Å². The van der Waals surface area contributed by atoms with E-state index < -0.39 is 27.4 Å². The van der Waals surface area contributed by atoms with E-state index in [9.17, 15) is 22.0 Å². The lowest BCUT2D eigenvalue weighted by Crippen LogP contribution is -2.37. The van der Waals surface area contributed by atoms with Crippen LogP contribution in [-0.4, -0.2) is 48.9 Å². The van der Waals surface area contributed by atoms with Crippen LogP contribution in [0.1, 0.15) is 44.2 Å². The number of nitrogens with one attached hydrogen (secondary N) is 1. The maximum atomic E-state index is 14.3. The monoisotopic (exact) mass is 435 g/mol. The van der Waals surface area contributed by atoms with Gasteiger partial charge in [0.15, 0.2) is 0 Å². The molecule has 0 aliphatic rings. The van der Waals surface area contributed by atoms with E-state index in [1.165, 1.54) is 0 Å². The topological polar surface area (TPSA) is 106 Å². The molecule has 1 heterocycles. The van der Waals surface area contributed by atoms with Gasteiger partial charge in [0.2, 0.25) is 15.9 Å². The van der Waals surface area contributed by atoms with Crippen molar-refractivity contribution in [2.24, 2.45) is 0 Å². The summed E-state index contributed by atoms with van der Waals surface area (Å²) in [6, 6.07) is 1.56. The Morgan fingerprint density at radius 3 is 2.24 bits per heavy atom. The quantitative estimate of drug-likeness (QED) is 0.683. The number of benzene rings is 1. The molecule has 0 amide bonds. The molecule has 11 heteroatoms. The zero-order valence-electron chi connectivity index (χ0n) is 17.2. The number of H-pyrrole nitrogens is 1. The van der Waals surface area contributed by atoms with E-state index in [0.29, 0.717) is 6.42 Å². The summed E-state index contributed by atoms with van der Waals surface area (Å²) in [5.74, 6) is -2.34. The highest BCUT2D eigenvalue weighted by Crippen LogP contribution is 2.21. The first-order valence-corrected chi connectivity index (χ1v) is 10.8. The Bertz CT molecular complexity index is 941. The third kappa shape index (κ3) is 7.67. The van der Waals surface area contributed by atoms with Gasteiger partial charge in [-0.3, -0.25) is 0 Å². The van der Waals surface area contributed by atoms with Gasteiger partial charge in [-0.25, -0.2) is 27.1 Å². The summed E-state index contributed by atoms with van der Waals surface area (Å²) in [6.45, 7) is 6.01. The smallest absolute Gasteiger partial charge is 0.392 e. The van der Waals surface area contributed by atoms with Crippen molar-refractivity contribution in [3.8, 4) is 0 Å². The molecule has 164 valence electrons. The van der Waals surface area contributed by atoms with Gasteiger partial charge in [-0.2, -0.15) is 4.31 Å². The molecule has 0 aliphatic carbocycles. The summed E-state index contributed by atoms with van der Waals surface area (Å²) < 4.78 is 62.7. The second-order valence-corrected chi connectivity index (χ2v) is 8.30. The molecule has 1 atom stereocenters. The van der Waals surface area contributed by atoms with E-state index in [1.54, 1.807) is 21.0 Å². The Morgan fingerprint density at radius 1 is 1.24 bits per heavy atom. The minimum atomic E-state index is -3.58. The lowest BCUT2D eigenvalue weighted by Gasteiger charge is -2.26. The van der Waals surface area contributed by atoms with Crippen molar-refractivity contribution in [1.29, 1.82) is 0 Å². The van der Waals surface area contributed by atoms with Crippen LogP contribution in [0.5, 0.6) is 0 Å². The number of nitrogens with zero attached hydrogens (tertiary/aromatic N) is 2. The average Bonchev–Trinajstić information content (AvgIpc) is 3.06. The molecule has 1 N–H and O–H groups in total. The fraction of sp³-hybridized carbons (Fsp3) is 0.556. The highest BCUT2D eigenvalue weighted by atomic mass is 32.2. The van der Waals surface area contributed by atoms with Gasteiger partial charge in [-0.1, -0.05) is 6.92 Å². The number of sulfonamides is 1. The minimum absolute atomic E-state index is 0.0501. The lowest BCUT2D eigenvalue weighted by atomic mass is 10.1. The van der Waals surface area contributed by atoms with E-state index in [4.69, 9.17) is 0 Å². The SMILES string of the molecule is CCOC.CC[C@H](C)N(Cc1cc(F)c(Cc2n[nH]c(=O)o2)cc1F)S(C)(=O)=O. The standard InChI is InChI=1S/C15H19F2N3O4S.C3H8O/c1-4-9(2)20(25(3,22)23)8-11-6-12(16)10(5-13(11)17)7-14-18-19-15(21)24-14;1-3-4-2/h5-6,9H,4,7-8H2,1-3H3,(H,19,21);3H2,1-2H3/t9-;/m0./s1. The molecule has 0 saturated carbocycles. The van der Waals surface area contributed by atoms with Crippen LogP contribution in [0.4, 0.5) is 8.78 Å². The first-order chi connectivity index (χ1) is 13.5. The Hall–Kier alpha value is -2.11. The van der Waals surface area contributed by atoms with Crippen LogP contribution < -0.4 is 5.76 Å². The van der Waals surface area contributed by atoms with Crippen LogP contribution in [0.3, 0.4) is 0 Å². The van der Waals surface area contributed by atoms with Gasteiger partial charge in [0.05, 0.1) is 12.7 Å². The third-order valence-electron chi connectivity index (χ3n) is 4.16. The largest absolute Gasteiger partial charge is 0.434 e. The highest BCUT2D eigenvalue weighted by Gasteiger charge is 2.24. The summed E-state index contributed by atoms with van der Waals surface area (Å²) in [6.07, 6.45) is 1.36. The van der Waals surface area contributed by atoms with Crippen LogP contribution in [0, 0.1) is 11.6 Å². The molecule has 1 aromatic carbocycles. The Labute approximate surface area is 168 Å². The van der Waals surface area contributed by atoms with Gasteiger partial charge in [0, 0.05) is 37.4 Å². The number of hydrogen-bond donors (Lipinski definition) is 1. The predicted molar refractivity (Wildman–Crippen MR) is 104 cm³/mol. The zero-order valence-corrected chi connectivity index (χ0v) is 18.0. The number of methoxy groups -OCH3 is 1. The van der Waals surface area contributed by atoms with Crippen molar-refractivity contribution in [3.05, 3.63) is 51.3 Å². The molecule has 0 saturated heterocycles. The van der Waals surface area contributed by atoms with Crippen molar-refractivity contribution in [3.63, 3.8) is 0 Å². The molecule has 0 spiro atoms. The van der Waals surface area contributed by atoms with E-state index in [-0.39, 0.29) is 36.0 Å². The van der Waals surface area contributed by atoms with Crippen molar-refractivity contribution < 1.29 is 26.4 Å². The molecular formula is C18H27F2N3O5S. The molecule has 0 fully saturated rings. The van der Waals surface area contributed by atoms with Crippen molar-refractivity contribution in [1.82, 2.24) is 14.5 Å². The number of aromatic amines is 1. The summed E-state index contributed by atoms with van der Waals surface area (Å²) in [5.41, 5.74) is -0.124. The first kappa shape index (κ1) is 24.9. The van der Waals surface area contributed by atoms with Crippen LogP contribution in [-0.2, 0) is 27.7 Å². The van der Waals surface area contributed by atoms with Crippen LogP contribution >= 0.6 is 0 Å². The zero-order chi connectivity index (χ0) is 22.2. The van der Waals surface area contributed by atoms with Crippen LogP contribution in [0.25, 0.3) is 0 Å². The summed E-state index contributed by atoms with van der Waals surface area (Å²) in [4.78, 5) is 10.9. The fourth-order valence-electron chi connectivity index (χ4n) is 2.36. The van der Waals surface area contributed by atoms with Gasteiger partial charge < -0.3 is 9.15 Å². The molecule has 0 radical (unpaired) electrons. The van der Waals surface area contributed by atoms with Gasteiger partial charge in [-0.15, -0.1) is 5.10 Å². The Balaban J connectivity index is 0.000000960. The molecule has 1 aromatic heterocycles. The number of aromatic nitrogens is 2. The molecular weight excluding hydrogens is 408 g/mol. The Kier molecular flexibility index (Phi) is 9.60. The number of ether oxygens (including phenoxy) is 1. The summed E-state index contributed by atoms with van der Waals surface area (Å²) in [5, 5.41) is 5.57. The predicted octanol–water partition coefficient (Wildman–Crippen LogP) is 2.44. The van der Waals surface area contributed by atoms with Gasteiger partial charge in [-0.05, 0) is 32.4 Å². The average molecular weight is 435 g/mol. The van der Waals surface area contributed by atoms with Crippen LogP contribution in [0.2, 0.25) is 0 Å². The number of hydrogen-bond acceptors (Lipinski definition) is 6. The fourth-order valence-corrected chi connectivity index (χ4v) is 3.53. The summed E-state index contributed by atoms with van der Waals surface area (Å²) >= 11 is 0. The Morgan fingerprint density at radius 2 is 1.79 bits per heavy atom. The molecule has 2 aromatic rings. The maximum Gasteiger partial charge on any atom is 0.434 e. The first-order valence-electron chi connectivity index (χ1n) is 9.00. The van der Waals surface area contributed by atoms with Crippen molar-refractivity contribution in [2.75, 3.05) is 20.0 Å². The second-order valence-electron chi connectivity index (χ2n) is 6.36. The third-order valence-corrected chi connectivity index (χ3v) is 5.50. The number of rotatable bonds is 8. The highest BCUT2D eigenvalue weighted by molar-refractivity contribution is 7.88. The van der Waals surface area contributed by atoms with E-state index in [0.717, 1.165) is 29.3 Å². The van der Waals surface area contributed by atoms with E-state index in [1.807, 2.05) is 12.0 Å². The second kappa shape index (κ2) is 11.2. The maximum absolute atomic E-state index is 14.3. The molecule has 29 heavy (non-hydrogen) atoms. The molecule has 8 nitrogen and oxygen atoms in total. The normalized spacial score (nSPS) is 12.6. The van der Waals surface area contributed by atoms with E-state index in [2.05, 4.69) is 14.3 Å². The molecule has 0 bridgehead atoms. The number of halogens is 2. The minimum Gasteiger partial charge on any atom is -0.392 e. The molecule has 0 unspecified atom stereocenters.